The molecule has 0 fully saturated rings. The molecule has 1 aromatic heterocycles. The zero-order chi connectivity index (χ0) is 23.1. The lowest BCUT2D eigenvalue weighted by atomic mass is 10.0. The Labute approximate surface area is 190 Å². The summed E-state index contributed by atoms with van der Waals surface area (Å²) >= 11 is 5.88. The number of aromatic nitrogens is 2. The van der Waals surface area contributed by atoms with Crippen LogP contribution in [0.1, 0.15) is 37.0 Å². The first kappa shape index (κ1) is 23.3. The minimum absolute atomic E-state index is 0.142. The maximum absolute atomic E-state index is 12.6. The van der Waals surface area contributed by atoms with Crippen molar-refractivity contribution in [2.75, 3.05) is 6.61 Å². The first-order valence-corrected chi connectivity index (χ1v) is 10.5. The molecule has 0 spiro atoms. The van der Waals surface area contributed by atoms with Crippen molar-refractivity contribution in [1.29, 1.82) is 0 Å². The van der Waals surface area contributed by atoms with Gasteiger partial charge in [-0.2, -0.15) is 4.98 Å². The molecule has 0 bridgehead atoms. The molecule has 1 amide bonds. The molecule has 0 aliphatic carbocycles. The average molecular weight is 458 g/mol. The number of benzene rings is 2. The van der Waals surface area contributed by atoms with Crippen molar-refractivity contribution in [2.24, 2.45) is 5.92 Å². The van der Waals surface area contributed by atoms with E-state index in [2.05, 4.69) is 15.5 Å². The number of carbonyl (C=O) groups excluding carboxylic acids is 2. The molecule has 8 nitrogen and oxygen atoms in total. The monoisotopic (exact) mass is 457 g/mol. The molecule has 2 aromatic carbocycles. The van der Waals surface area contributed by atoms with Crippen molar-refractivity contribution in [2.45, 2.75) is 33.4 Å². The van der Waals surface area contributed by atoms with E-state index < -0.39 is 12.0 Å². The molecule has 1 N–H and O–H groups in total. The minimum Gasteiger partial charge on any atom is -0.494 e. The lowest BCUT2D eigenvalue weighted by Crippen LogP contribution is -2.45. The summed E-state index contributed by atoms with van der Waals surface area (Å²) in [5, 5.41) is 7.20. The van der Waals surface area contributed by atoms with Gasteiger partial charge in [-0.1, -0.05) is 30.6 Å². The Hall–Kier alpha value is -3.39. The third kappa shape index (κ3) is 6.07. The normalized spacial score (nSPS) is 11.8. The van der Waals surface area contributed by atoms with Crippen molar-refractivity contribution in [1.82, 2.24) is 15.5 Å². The molecule has 0 radical (unpaired) electrons. The standard InChI is InChI=1S/C23H24ClN3O5/c1-4-30-18-11-7-16(8-12-18)22(28)26-20(14(2)3)23(29)31-13-19-25-21(27-32-19)15-5-9-17(24)10-6-15/h5-12,14,20H,4,13H2,1-3H3,(H,26,28)/t20-/m0/s1. The molecular formula is C23H24ClN3O5. The molecule has 0 saturated heterocycles. The van der Waals surface area contributed by atoms with E-state index in [0.29, 0.717) is 28.8 Å². The number of rotatable bonds is 9. The SMILES string of the molecule is CCOc1ccc(C(=O)N[C@H](C(=O)OCc2nc(-c3ccc(Cl)cc3)no2)C(C)C)cc1. The second-order valence-corrected chi connectivity index (χ2v) is 7.72. The van der Waals surface area contributed by atoms with Gasteiger partial charge in [0.2, 0.25) is 5.82 Å². The number of nitrogens with zero attached hydrogens (tertiary/aromatic N) is 2. The summed E-state index contributed by atoms with van der Waals surface area (Å²) in [7, 11) is 0. The van der Waals surface area contributed by atoms with Crippen molar-refractivity contribution in [3.63, 3.8) is 0 Å². The van der Waals surface area contributed by atoms with E-state index in [1.807, 2.05) is 20.8 Å². The van der Waals surface area contributed by atoms with Crippen molar-refractivity contribution >= 4 is 23.5 Å². The predicted molar refractivity (Wildman–Crippen MR) is 118 cm³/mol. The Morgan fingerprint density at radius 2 is 1.78 bits per heavy atom. The number of hydrogen-bond acceptors (Lipinski definition) is 7. The molecular weight excluding hydrogens is 434 g/mol. The fraction of sp³-hybridized carbons (Fsp3) is 0.304. The second kappa shape index (κ2) is 10.8. The van der Waals surface area contributed by atoms with Crippen LogP contribution in [0.5, 0.6) is 5.75 Å². The van der Waals surface area contributed by atoms with Crippen LogP contribution in [-0.2, 0) is 16.1 Å². The number of carbonyl (C=O) groups is 2. The number of nitrogens with one attached hydrogen (secondary N) is 1. The lowest BCUT2D eigenvalue weighted by Gasteiger charge is -2.20. The molecule has 1 atom stereocenters. The number of halogens is 1. The fourth-order valence-electron chi connectivity index (χ4n) is 2.84. The van der Waals surface area contributed by atoms with Gasteiger partial charge in [0.25, 0.3) is 11.8 Å². The Kier molecular flexibility index (Phi) is 7.83. The van der Waals surface area contributed by atoms with Crippen LogP contribution in [0.25, 0.3) is 11.4 Å². The van der Waals surface area contributed by atoms with Gasteiger partial charge < -0.3 is 19.3 Å². The summed E-state index contributed by atoms with van der Waals surface area (Å²) in [6, 6.07) is 12.8. The van der Waals surface area contributed by atoms with Gasteiger partial charge in [-0.05, 0) is 61.4 Å². The Morgan fingerprint density at radius 1 is 1.09 bits per heavy atom. The van der Waals surface area contributed by atoms with E-state index >= 15 is 0 Å². The van der Waals surface area contributed by atoms with E-state index in [0.717, 1.165) is 5.56 Å². The van der Waals surface area contributed by atoms with E-state index in [1.165, 1.54) is 0 Å². The summed E-state index contributed by atoms with van der Waals surface area (Å²) in [6.45, 7) is 5.84. The molecule has 168 valence electrons. The zero-order valence-corrected chi connectivity index (χ0v) is 18.8. The summed E-state index contributed by atoms with van der Waals surface area (Å²) in [5.41, 5.74) is 1.13. The summed E-state index contributed by atoms with van der Waals surface area (Å²) < 4.78 is 15.8. The number of amides is 1. The smallest absolute Gasteiger partial charge is 0.329 e. The highest BCUT2D eigenvalue weighted by molar-refractivity contribution is 6.30. The van der Waals surface area contributed by atoms with Crippen LogP contribution in [-0.4, -0.2) is 34.7 Å². The van der Waals surface area contributed by atoms with Crippen LogP contribution in [0, 0.1) is 5.92 Å². The first-order valence-electron chi connectivity index (χ1n) is 10.2. The predicted octanol–water partition coefficient (Wildman–Crippen LogP) is 4.29. The average Bonchev–Trinajstić information content (AvgIpc) is 3.26. The van der Waals surface area contributed by atoms with Gasteiger partial charge in [0.1, 0.15) is 11.8 Å². The van der Waals surface area contributed by atoms with Crippen LogP contribution < -0.4 is 10.1 Å². The van der Waals surface area contributed by atoms with Crippen molar-refractivity contribution in [3.8, 4) is 17.1 Å². The number of esters is 1. The molecule has 9 heteroatoms. The maximum atomic E-state index is 12.6. The molecule has 32 heavy (non-hydrogen) atoms. The van der Waals surface area contributed by atoms with E-state index in [-0.39, 0.29) is 24.3 Å². The van der Waals surface area contributed by atoms with E-state index in [4.69, 9.17) is 25.6 Å². The highest BCUT2D eigenvalue weighted by Crippen LogP contribution is 2.19. The van der Waals surface area contributed by atoms with Crippen LogP contribution in [0.3, 0.4) is 0 Å². The van der Waals surface area contributed by atoms with Crippen molar-refractivity contribution in [3.05, 3.63) is 65.0 Å². The summed E-state index contributed by atoms with van der Waals surface area (Å²) in [6.07, 6.45) is 0. The molecule has 1 heterocycles. The maximum Gasteiger partial charge on any atom is 0.329 e. The molecule has 3 rings (SSSR count). The highest BCUT2D eigenvalue weighted by atomic mass is 35.5. The largest absolute Gasteiger partial charge is 0.494 e. The van der Waals surface area contributed by atoms with Crippen LogP contribution in [0.15, 0.2) is 53.1 Å². The minimum atomic E-state index is -0.840. The molecule has 3 aromatic rings. The Morgan fingerprint density at radius 3 is 2.41 bits per heavy atom. The number of hydrogen-bond donors (Lipinski definition) is 1. The third-order valence-corrected chi connectivity index (χ3v) is 4.80. The van der Waals surface area contributed by atoms with Gasteiger partial charge >= 0.3 is 5.97 Å². The highest BCUT2D eigenvalue weighted by Gasteiger charge is 2.27. The first-order chi connectivity index (χ1) is 15.4. The van der Waals surface area contributed by atoms with Crippen molar-refractivity contribution < 1.29 is 23.6 Å². The van der Waals surface area contributed by atoms with Crippen LogP contribution in [0.4, 0.5) is 0 Å². The van der Waals surface area contributed by atoms with Crippen LogP contribution in [0.2, 0.25) is 5.02 Å². The molecule has 0 saturated carbocycles. The summed E-state index contributed by atoms with van der Waals surface area (Å²) in [4.78, 5) is 29.4. The topological polar surface area (TPSA) is 104 Å². The Bertz CT molecular complexity index is 1050. The fourth-order valence-corrected chi connectivity index (χ4v) is 2.97. The van der Waals surface area contributed by atoms with E-state index in [1.54, 1.807) is 48.5 Å². The molecule has 0 unspecified atom stereocenters. The van der Waals surface area contributed by atoms with Crippen LogP contribution >= 0.6 is 11.6 Å². The quantitative estimate of drug-likeness (QED) is 0.478. The van der Waals surface area contributed by atoms with Gasteiger partial charge in [-0.3, -0.25) is 4.79 Å². The summed E-state index contributed by atoms with van der Waals surface area (Å²) in [5.74, 6) is 0.000438. The van der Waals surface area contributed by atoms with E-state index in [9.17, 15) is 9.59 Å². The van der Waals surface area contributed by atoms with Gasteiger partial charge in [0.15, 0.2) is 6.61 Å². The number of ether oxygens (including phenoxy) is 2. The molecule has 0 aliphatic heterocycles. The van der Waals surface area contributed by atoms with Gasteiger partial charge in [0, 0.05) is 16.1 Å². The Balaban J connectivity index is 1.59. The third-order valence-electron chi connectivity index (χ3n) is 4.54. The van der Waals surface area contributed by atoms with Gasteiger partial charge in [-0.25, -0.2) is 4.79 Å². The second-order valence-electron chi connectivity index (χ2n) is 7.28. The van der Waals surface area contributed by atoms with Gasteiger partial charge in [0.05, 0.1) is 6.61 Å². The lowest BCUT2D eigenvalue weighted by molar-refractivity contribution is -0.149. The zero-order valence-electron chi connectivity index (χ0n) is 18.0. The van der Waals surface area contributed by atoms with Gasteiger partial charge in [-0.15, -0.1) is 0 Å². The molecule has 0 aliphatic rings.